The van der Waals surface area contributed by atoms with Crippen molar-refractivity contribution in [2.45, 2.75) is 65.8 Å². The zero-order valence-corrected chi connectivity index (χ0v) is 23.7. The van der Waals surface area contributed by atoms with E-state index in [1.807, 2.05) is 66.7 Å². The predicted octanol–water partition coefficient (Wildman–Crippen LogP) is 6.58. The Morgan fingerprint density at radius 1 is 0.875 bits per heavy atom. The van der Waals surface area contributed by atoms with Gasteiger partial charge in [-0.15, -0.1) is 0 Å². The Kier molecular flexibility index (Phi) is 7.97. The van der Waals surface area contributed by atoms with Crippen LogP contribution in [0.15, 0.2) is 84.6 Å². The number of nitrogens with zero attached hydrogens (tertiary/aromatic N) is 1. The van der Waals surface area contributed by atoms with Crippen LogP contribution in [-0.4, -0.2) is 29.3 Å². The summed E-state index contributed by atoms with van der Waals surface area (Å²) in [6, 6.07) is 24.1. The number of ether oxygens (including phenoxy) is 3. The molecule has 0 saturated carbocycles. The summed E-state index contributed by atoms with van der Waals surface area (Å²) in [6.45, 7) is 9.37. The third-order valence-corrected chi connectivity index (χ3v) is 7.62. The average Bonchev–Trinajstić information content (AvgIpc) is 2.94. The van der Waals surface area contributed by atoms with E-state index in [-0.39, 0.29) is 41.9 Å². The molecule has 0 aromatic heterocycles. The van der Waals surface area contributed by atoms with Crippen molar-refractivity contribution >= 4 is 11.8 Å². The predicted molar refractivity (Wildman–Crippen MR) is 154 cm³/mol. The number of esters is 1. The quantitative estimate of drug-likeness (QED) is 0.238. The van der Waals surface area contributed by atoms with Gasteiger partial charge in [0.1, 0.15) is 18.8 Å². The van der Waals surface area contributed by atoms with E-state index < -0.39 is 5.97 Å². The number of Topliss-reactive ketones (excluding diaryl/α,β-unsaturated/α-hetero) is 1. The standard InChI is InChI=1S/C34H37NO5/c1-5-38-33(37)27-20-35-28(19-29(27)36)26-18-31(40-22-24-14-10-7-11-15-24)30(39-21-23-12-8-6-9-13-23)16-25(26)17-32(35)34(2,3)4/h6-16,18,20,28,32H,5,17,19,21-22H2,1-4H3. The highest BCUT2D eigenvalue weighted by atomic mass is 16.5. The lowest BCUT2D eigenvalue weighted by molar-refractivity contribution is -0.140. The molecule has 0 aliphatic carbocycles. The van der Waals surface area contributed by atoms with Crippen molar-refractivity contribution in [1.82, 2.24) is 4.90 Å². The van der Waals surface area contributed by atoms with E-state index in [2.05, 4.69) is 31.7 Å². The van der Waals surface area contributed by atoms with Crippen molar-refractivity contribution < 1.29 is 23.8 Å². The van der Waals surface area contributed by atoms with E-state index in [9.17, 15) is 9.59 Å². The number of carbonyl (C=O) groups excluding carboxylic acids is 2. The van der Waals surface area contributed by atoms with Crippen LogP contribution in [0.4, 0.5) is 0 Å². The molecule has 5 rings (SSSR count). The summed E-state index contributed by atoms with van der Waals surface area (Å²) < 4.78 is 17.9. The zero-order valence-electron chi connectivity index (χ0n) is 23.7. The minimum atomic E-state index is -0.555. The van der Waals surface area contributed by atoms with Gasteiger partial charge in [-0.2, -0.15) is 0 Å². The smallest absolute Gasteiger partial charge is 0.343 e. The summed E-state index contributed by atoms with van der Waals surface area (Å²) in [5.41, 5.74) is 4.31. The Balaban J connectivity index is 1.54. The lowest BCUT2D eigenvalue weighted by atomic mass is 9.74. The highest BCUT2D eigenvalue weighted by Gasteiger charge is 2.44. The van der Waals surface area contributed by atoms with Crippen molar-refractivity contribution in [1.29, 1.82) is 0 Å². The highest BCUT2D eigenvalue weighted by Crippen LogP contribution is 2.47. The fourth-order valence-electron chi connectivity index (χ4n) is 5.52. The fraction of sp³-hybridized carbons (Fsp3) is 0.353. The normalized spacial score (nSPS) is 18.4. The average molecular weight is 540 g/mol. The SMILES string of the molecule is CCOC(=O)C1=CN2C(CC1=O)c1cc(OCc3ccccc3)c(OCc3ccccc3)cc1CC2C(C)(C)C. The fourth-order valence-corrected chi connectivity index (χ4v) is 5.52. The third kappa shape index (κ3) is 5.91. The molecule has 40 heavy (non-hydrogen) atoms. The molecule has 6 heteroatoms. The monoisotopic (exact) mass is 539 g/mol. The van der Waals surface area contributed by atoms with E-state index in [1.54, 1.807) is 13.1 Å². The van der Waals surface area contributed by atoms with E-state index in [0.29, 0.717) is 24.7 Å². The molecule has 0 saturated heterocycles. The largest absolute Gasteiger partial charge is 0.485 e. The van der Waals surface area contributed by atoms with Crippen LogP contribution >= 0.6 is 0 Å². The number of carbonyl (C=O) groups is 2. The Morgan fingerprint density at radius 3 is 2.00 bits per heavy atom. The summed E-state index contributed by atoms with van der Waals surface area (Å²) in [4.78, 5) is 28.0. The zero-order chi connectivity index (χ0) is 28.3. The van der Waals surface area contributed by atoms with Gasteiger partial charge in [-0.3, -0.25) is 4.79 Å². The lowest BCUT2D eigenvalue weighted by Crippen LogP contribution is -2.50. The summed E-state index contributed by atoms with van der Waals surface area (Å²) in [5.74, 6) is 0.571. The van der Waals surface area contributed by atoms with Crippen molar-refractivity contribution in [2.75, 3.05) is 6.61 Å². The molecule has 0 bridgehead atoms. The van der Waals surface area contributed by atoms with Crippen molar-refractivity contribution in [3.05, 3.63) is 107 Å². The minimum Gasteiger partial charge on any atom is -0.485 e. The van der Waals surface area contributed by atoms with Gasteiger partial charge < -0.3 is 19.1 Å². The molecule has 0 N–H and O–H groups in total. The molecule has 3 aromatic carbocycles. The molecule has 2 atom stereocenters. The van der Waals surface area contributed by atoms with Gasteiger partial charge in [0.2, 0.25) is 0 Å². The molecule has 0 spiro atoms. The lowest BCUT2D eigenvalue weighted by Gasteiger charge is -2.50. The number of fused-ring (bicyclic) bond motifs is 3. The second-order valence-corrected chi connectivity index (χ2v) is 11.5. The van der Waals surface area contributed by atoms with Gasteiger partial charge in [0.05, 0.1) is 12.6 Å². The molecule has 208 valence electrons. The van der Waals surface area contributed by atoms with Gasteiger partial charge in [-0.1, -0.05) is 81.4 Å². The maximum absolute atomic E-state index is 13.2. The third-order valence-electron chi connectivity index (χ3n) is 7.62. The van der Waals surface area contributed by atoms with Crippen LogP contribution in [0.3, 0.4) is 0 Å². The van der Waals surface area contributed by atoms with E-state index >= 15 is 0 Å². The Morgan fingerprint density at radius 2 is 1.45 bits per heavy atom. The van der Waals surface area contributed by atoms with Gasteiger partial charge in [0, 0.05) is 18.7 Å². The molecule has 2 unspecified atom stereocenters. The highest BCUT2D eigenvalue weighted by molar-refractivity contribution is 6.17. The molecule has 0 amide bonds. The maximum atomic E-state index is 13.2. The molecule has 6 nitrogen and oxygen atoms in total. The summed E-state index contributed by atoms with van der Waals surface area (Å²) in [6.07, 6.45) is 2.68. The molecular formula is C34H37NO5. The van der Waals surface area contributed by atoms with Crippen molar-refractivity contribution in [3.63, 3.8) is 0 Å². The number of rotatable bonds is 8. The van der Waals surface area contributed by atoms with Gasteiger partial charge in [-0.05, 0) is 53.1 Å². The second kappa shape index (κ2) is 11.6. The van der Waals surface area contributed by atoms with Crippen LogP contribution in [0.25, 0.3) is 0 Å². The maximum Gasteiger partial charge on any atom is 0.343 e. The van der Waals surface area contributed by atoms with Gasteiger partial charge in [0.15, 0.2) is 17.3 Å². The first-order chi connectivity index (χ1) is 19.2. The first kappa shape index (κ1) is 27.5. The molecule has 2 aliphatic heterocycles. The molecule has 3 aromatic rings. The number of hydrogen-bond acceptors (Lipinski definition) is 6. The molecule has 2 aliphatic rings. The number of benzene rings is 3. The van der Waals surface area contributed by atoms with Crippen LogP contribution in [0.2, 0.25) is 0 Å². The first-order valence-electron chi connectivity index (χ1n) is 13.9. The Bertz CT molecular complexity index is 1390. The Labute approximate surface area is 236 Å². The number of ketones is 1. The second-order valence-electron chi connectivity index (χ2n) is 11.5. The van der Waals surface area contributed by atoms with Crippen LogP contribution in [-0.2, 0) is 34.0 Å². The van der Waals surface area contributed by atoms with E-state index in [0.717, 1.165) is 28.7 Å². The summed E-state index contributed by atoms with van der Waals surface area (Å²) in [7, 11) is 0. The van der Waals surface area contributed by atoms with Gasteiger partial charge >= 0.3 is 5.97 Å². The Hall–Kier alpha value is -4.06. The van der Waals surface area contributed by atoms with Crippen LogP contribution in [0, 0.1) is 5.41 Å². The van der Waals surface area contributed by atoms with Crippen LogP contribution < -0.4 is 9.47 Å². The van der Waals surface area contributed by atoms with Gasteiger partial charge in [0.25, 0.3) is 0 Å². The van der Waals surface area contributed by atoms with Gasteiger partial charge in [-0.25, -0.2) is 4.79 Å². The topological polar surface area (TPSA) is 65.1 Å². The van der Waals surface area contributed by atoms with E-state index in [1.165, 1.54) is 0 Å². The van der Waals surface area contributed by atoms with Crippen molar-refractivity contribution in [3.8, 4) is 11.5 Å². The molecule has 2 heterocycles. The van der Waals surface area contributed by atoms with E-state index in [4.69, 9.17) is 14.2 Å². The summed E-state index contributed by atoms with van der Waals surface area (Å²) in [5, 5.41) is 0. The first-order valence-corrected chi connectivity index (χ1v) is 13.9. The molecular weight excluding hydrogens is 502 g/mol. The molecule has 0 radical (unpaired) electrons. The summed E-state index contributed by atoms with van der Waals surface area (Å²) >= 11 is 0. The van der Waals surface area contributed by atoms with Crippen molar-refractivity contribution in [2.24, 2.45) is 5.41 Å². The number of hydrogen-bond donors (Lipinski definition) is 0. The van der Waals surface area contributed by atoms with Crippen LogP contribution in [0.5, 0.6) is 11.5 Å². The molecule has 0 fully saturated rings. The minimum absolute atomic E-state index is 0.0700. The van der Waals surface area contributed by atoms with Crippen LogP contribution in [0.1, 0.15) is 62.4 Å².